The number of ketones is 1. The van der Waals surface area contributed by atoms with Gasteiger partial charge in [-0.3, -0.25) is 28.8 Å². The van der Waals surface area contributed by atoms with Crippen molar-refractivity contribution in [1.82, 2.24) is 0 Å². The number of aliphatic carboxylic acids is 6. The summed E-state index contributed by atoms with van der Waals surface area (Å²) in [5.74, 6) is -4.74. The van der Waals surface area contributed by atoms with Gasteiger partial charge in [0.05, 0.1) is 0 Å². The normalized spacial score (nSPS) is 7.29. The fraction of sp³-hybridized carbons (Fsp3) is 0.409. The molecule has 0 aromatic heterocycles. The second-order valence-electron chi connectivity index (χ2n) is 5.80. The van der Waals surface area contributed by atoms with Gasteiger partial charge in [-0.15, -0.1) is 0 Å². The molecule has 0 atom stereocenters. The minimum Gasteiger partial charge on any atom is -0.481 e. The predicted octanol–water partition coefficient (Wildman–Crippen LogP) is 2.75. The van der Waals surface area contributed by atoms with Gasteiger partial charge in [0, 0.05) is 48.0 Å². The third-order valence-corrected chi connectivity index (χ3v) is 1.61. The molecule has 202 valence electrons. The lowest BCUT2D eigenvalue weighted by atomic mass is 10.1. The average Bonchev–Trinajstić information content (AvgIpc) is 2.58. The molecule has 0 aliphatic rings. The molecular formula is C22H36O13. The first-order valence-corrected chi connectivity index (χ1v) is 9.39. The summed E-state index contributed by atoms with van der Waals surface area (Å²) in [6.07, 6.45) is 1.53. The fourth-order valence-corrected chi connectivity index (χ4v) is 0.965. The van der Waals surface area contributed by atoms with Gasteiger partial charge in [-0.25, -0.2) is 0 Å². The van der Waals surface area contributed by atoms with Gasteiger partial charge >= 0.3 is 0 Å². The number of hydrogen-bond acceptors (Lipinski definition) is 7. The largest absolute Gasteiger partial charge is 0.481 e. The Kier molecular flexibility index (Phi) is 43.5. The number of carbonyl (C=O) groups excluding carboxylic acids is 1. The maximum absolute atomic E-state index is 10.6. The van der Waals surface area contributed by atoms with Crippen molar-refractivity contribution >= 4 is 41.6 Å². The van der Waals surface area contributed by atoms with E-state index < -0.39 is 35.8 Å². The van der Waals surface area contributed by atoms with E-state index >= 15 is 0 Å². The van der Waals surface area contributed by atoms with E-state index in [-0.39, 0.29) is 5.78 Å². The number of rotatable bonds is 3. The van der Waals surface area contributed by atoms with Crippen LogP contribution in [0.2, 0.25) is 0 Å². The van der Waals surface area contributed by atoms with Crippen LogP contribution in [0.5, 0.6) is 0 Å². The highest BCUT2D eigenvalue weighted by Crippen LogP contribution is 2.01. The lowest BCUT2D eigenvalue weighted by Crippen LogP contribution is -1.92. The van der Waals surface area contributed by atoms with Crippen LogP contribution in [0, 0.1) is 0 Å². The number of carboxylic acids is 6. The van der Waals surface area contributed by atoms with E-state index in [1.165, 1.54) is 5.56 Å². The third-order valence-electron chi connectivity index (χ3n) is 1.61. The van der Waals surface area contributed by atoms with Gasteiger partial charge in [0.15, 0.2) is 0 Å². The molecule has 0 radical (unpaired) electrons. The summed E-state index contributed by atoms with van der Waals surface area (Å²) < 4.78 is 0. The van der Waals surface area contributed by atoms with E-state index in [4.69, 9.17) is 59.4 Å². The van der Waals surface area contributed by atoms with E-state index in [9.17, 15) is 4.79 Å². The van der Waals surface area contributed by atoms with E-state index in [2.05, 4.69) is 0 Å². The Labute approximate surface area is 203 Å². The molecule has 0 aliphatic heterocycles. The highest BCUT2D eigenvalue weighted by Gasteiger charge is 1.94. The zero-order valence-electron chi connectivity index (χ0n) is 20.8. The van der Waals surface area contributed by atoms with E-state index in [0.29, 0.717) is 6.42 Å². The van der Waals surface area contributed by atoms with Gasteiger partial charge < -0.3 is 35.4 Å². The molecule has 13 nitrogen and oxygen atoms in total. The molecule has 1 aromatic rings. The van der Waals surface area contributed by atoms with Crippen molar-refractivity contribution in [2.24, 2.45) is 0 Å². The van der Waals surface area contributed by atoms with Crippen molar-refractivity contribution in [2.75, 3.05) is 0 Å². The number of Topliss-reactive ketones (excluding diaryl/α,β-unsaturated/α-hetero) is 1. The lowest BCUT2D eigenvalue weighted by molar-refractivity contribution is -0.135. The Morgan fingerprint density at radius 1 is 0.486 bits per heavy atom. The smallest absolute Gasteiger partial charge is 0.300 e. The standard InChI is InChI=1S/C10H12O.6C2H4O2/c1-9(11)7-8-10-5-3-2-4-6-10;6*1-2(3)4/h2-6H,7-8H2,1H3;6*1H3,(H,3,4). The van der Waals surface area contributed by atoms with Crippen LogP contribution in [0.25, 0.3) is 0 Å². The molecule has 1 rings (SSSR count). The second-order valence-corrected chi connectivity index (χ2v) is 5.80. The van der Waals surface area contributed by atoms with Crippen LogP contribution in [0.15, 0.2) is 30.3 Å². The fourth-order valence-electron chi connectivity index (χ4n) is 0.965. The minimum atomic E-state index is -0.833. The number of aryl methyl sites for hydroxylation is 1. The van der Waals surface area contributed by atoms with Crippen LogP contribution in [0.3, 0.4) is 0 Å². The molecule has 0 heterocycles. The van der Waals surface area contributed by atoms with Crippen molar-refractivity contribution in [1.29, 1.82) is 0 Å². The van der Waals surface area contributed by atoms with Crippen molar-refractivity contribution in [3.05, 3.63) is 35.9 Å². The topological polar surface area (TPSA) is 241 Å². The van der Waals surface area contributed by atoms with E-state index in [0.717, 1.165) is 48.0 Å². The number of carboxylic acid groups (broad SMARTS) is 6. The predicted molar refractivity (Wildman–Crippen MR) is 125 cm³/mol. The van der Waals surface area contributed by atoms with Crippen molar-refractivity contribution in [2.45, 2.75) is 61.3 Å². The quantitative estimate of drug-likeness (QED) is 0.344. The Morgan fingerprint density at radius 2 is 0.686 bits per heavy atom. The second kappa shape index (κ2) is 34.3. The van der Waals surface area contributed by atoms with Crippen LogP contribution < -0.4 is 0 Å². The molecule has 0 saturated carbocycles. The van der Waals surface area contributed by atoms with Gasteiger partial charge in [0.1, 0.15) is 5.78 Å². The highest BCUT2D eigenvalue weighted by atomic mass is 16.4. The summed E-state index contributed by atoms with van der Waals surface area (Å²) >= 11 is 0. The monoisotopic (exact) mass is 508 g/mol. The van der Waals surface area contributed by atoms with Gasteiger partial charge in [-0.2, -0.15) is 0 Å². The van der Waals surface area contributed by atoms with Crippen LogP contribution in [0.1, 0.15) is 60.5 Å². The zero-order valence-corrected chi connectivity index (χ0v) is 20.8. The van der Waals surface area contributed by atoms with Crippen LogP contribution in [-0.2, 0) is 40.0 Å². The molecule has 0 aliphatic carbocycles. The summed E-state index contributed by atoms with van der Waals surface area (Å²) in [6.45, 7) is 8.13. The minimum absolute atomic E-state index is 0.258. The summed E-state index contributed by atoms with van der Waals surface area (Å²) in [4.78, 5) is 64.6. The van der Waals surface area contributed by atoms with Gasteiger partial charge in [0.25, 0.3) is 35.8 Å². The Balaban J connectivity index is -0.0000000753. The van der Waals surface area contributed by atoms with E-state index in [1.54, 1.807) is 6.92 Å². The van der Waals surface area contributed by atoms with Crippen molar-refractivity contribution in [3.8, 4) is 0 Å². The highest BCUT2D eigenvalue weighted by molar-refractivity contribution is 5.75. The first kappa shape index (κ1) is 44.4. The summed E-state index contributed by atoms with van der Waals surface area (Å²) in [6, 6.07) is 10.1. The molecule has 0 bridgehead atoms. The Morgan fingerprint density at radius 3 is 0.857 bits per heavy atom. The summed E-state index contributed by atoms with van der Waals surface area (Å²) in [5.41, 5.74) is 1.24. The first-order chi connectivity index (χ1) is 15.7. The van der Waals surface area contributed by atoms with E-state index in [1.807, 2.05) is 30.3 Å². The molecule has 0 fully saturated rings. The molecule has 0 saturated heterocycles. The maximum atomic E-state index is 10.6. The summed E-state index contributed by atoms with van der Waals surface area (Å²) in [7, 11) is 0. The molecule has 1 aromatic carbocycles. The number of hydrogen-bond donors (Lipinski definition) is 6. The number of carbonyl (C=O) groups is 7. The molecule has 0 spiro atoms. The zero-order chi connectivity index (χ0) is 29.6. The number of benzene rings is 1. The lowest BCUT2D eigenvalue weighted by Gasteiger charge is -1.96. The maximum Gasteiger partial charge on any atom is 0.300 e. The van der Waals surface area contributed by atoms with Crippen LogP contribution >= 0.6 is 0 Å². The average molecular weight is 509 g/mol. The SMILES string of the molecule is CC(=O)CCc1ccccc1.CC(=O)O.CC(=O)O.CC(=O)O.CC(=O)O.CC(=O)O.CC(=O)O. The van der Waals surface area contributed by atoms with Gasteiger partial charge in [0.2, 0.25) is 0 Å². The van der Waals surface area contributed by atoms with Crippen LogP contribution in [-0.4, -0.2) is 72.2 Å². The first-order valence-electron chi connectivity index (χ1n) is 9.39. The van der Waals surface area contributed by atoms with Gasteiger partial charge in [-0.05, 0) is 18.9 Å². The molecule has 0 unspecified atom stereocenters. The molecular weight excluding hydrogens is 472 g/mol. The Hall–Kier alpha value is -4.29. The Bertz CT molecular complexity index is 609. The molecule has 6 N–H and O–H groups in total. The molecule has 0 amide bonds. The van der Waals surface area contributed by atoms with Gasteiger partial charge in [-0.1, -0.05) is 30.3 Å². The summed E-state index contributed by atoms with van der Waals surface area (Å²) in [5, 5.41) is 44.5. The molecule has 13 heteroatoms. The molecule has 35 heavy (non-hydrogen) atoms. The van der Waals surface area contributed by atoms with Crippen molar-refractivity contribution in [3.63, 3.8) is 0 Å². The van der Waals surface area contributed by atoms with Crippen LogP contribution in [0.4, 0.5) is 0 Å². The third kappa shape index (κ3) is 301. The van der Waals surface area contributed by atoms with Crippen molar-refractivity contribution < 1.29 is 64.2 Å².